The molecule has 6 nitrogen and oxygen atoms in total. The van der Waals surface area contributed by atoms with Crippen molar-refractivity contribution in [3.8, 4) is 22.9 Å². The van der Waals surface area contributed by atoms with Crippen LogP contribution < -0.4 is 9.47 Å². The number of piperidine rings is 1. The molecule has 0 N–H and O–H groups in total. The molecule has 1 aliphatic carbocycles. The van der Waals surface area contributed by atoms with E-state index in [4.69, 9.17) is 14.5 Å². The van der Waals surface area contributed by atoms with Gasteiger partial charge in [0.15, 0.2) is 11.5 Å². The van der Waals surface area contributed by atoms with Gasteiger partial charge in [0.2, 0.25) is 0 Å². The minimum atomic E-state index is 0.632. The van der Waals surface area contributed by atoms with Gasteiger partial charge in [-0.3, -0.25) is 0 Å². The van der Waals surface area contributed by atoms with Crippen molar-refractivity contribution in [3.63, 3.8) is 0 Å². The number of methoxy groups -OCH3 is 2. The van der Waals surface area contributed by atoms with Gasteiger partial charge in [-0.1, -0.05) is 19.9 Å². The SMILES string of the molecule is COc1ccc(-c2nc3c(C)cc(C4CCN(C5CC6(C5)CN(CC(C)C)C6)CC4)cc3n2C)cc1OC. The Morgan fingerprint density at radius 1 is 1.00 bits per heavy atom. The number of likely N-dealkylation sites (tertiary alicyclic amines) is 2. The number of aromatic nitrogens is 2. The first kappa shape index (κ1) is 25.7. The minimum absolute atomic E-state index is 0.632. The standard InChI is InChI=1S/C32H44N4O2/c1-21(2)18-35-19-32(20-35)16-26(17-32)36-11-9-23(10-12-36)25-13-22(3)30-27(14-25)34(4)31(33-30)24-7-8-28(37-5)29(15-24)38-6/h7-8,13-15,21,23,26H,9-12,16-20H2,1-6H3. The fourth-order valence-corrected chi connectivity index (χ4v) is 7.56. The van der Waals surface area contributed by atoms with Gasteiger partial charge in [0.05, 0.1) is 25.3 Å². The Labute approximate surface area is 227 Å². The maximum absolute atomic E-state index is 5.54. The summed E-state index contributed by atoms with van der Waals surface area (Å²) in [7, 11) is 5.47. The molecule has 0 atom stereocenters. The molecule has 38 heavy (non-hydrogen) atoms. The van der Waals surface area contributed by atoms with Crippen molar-refractivity contribution in [2.45, 2.75) is 58.4 Å². The number of rotatable bonds is 7. The van der Waals surface area contributed by atoms with E-state index in [1.54, 1.807) is 14.2 Å². The van der Waals surface area contributed by atoms with E-state index in [2.05, 4.69) is 60.4 Å². The van der Waals surface area contributed by atoms with Crippen LogP contribution in [0.2, 0.25) is 0 Å². The summed E-state index contributed by atoms with van der Waals surface area (Å²) in [6, 6.07) is 11.6. The Balaban J connectivity index is 1.13. The molecular weight excluding hydrogens is 472 g/mol. The second-order valence-corrected chi connectivity index (χ2v) is 12.7. The van der Waals surface area contributed by atoms with Crippen molar-refractivity contribution in [2.75, 3.05) is 46.9 Å². The Hall–Kier alpha value is -2.57. The van der Waals surface area contributed by atoms with Crippen LogP contribution in [0.15, 0.2) is 30.3 Å². The second-order valence-electron chi connectivity index (χ2n) is 12.7. The molecule has 3 heterocycles. The highest BCUT2D eigenvalue weighted by Crippen LogP contribution is 2.51. The summed E-state index contributed by atoms with van der Waals surface area (Å²) < 4.78 is 13.2. The molecule has 0 radical (unpaired) electrons. The van der Waals surface area contributed by atoms with Gasteiger partial charge in [-0.25, -0.2) is 4.98 Å². The molecule has 2 aromatic carbocycles. The molecule has 6 heteroatoms. The summed E-state index contributed by atoms with van der Waals surface area (Å²) in [5, 5.41) is 0. The lowest BCUT2D eigenvalue weighted by Gasteiger charge is -2.62. The lowest BCUT2D eigenvalue weighted by molar-refractivity contribution is -0.115. The van der Waals surface area contributed by atoms with Gasteiger partial charge in [-0.15, -0.1) is 0 Å². The third kappa shape index (κ3) is 4.50. The lowest BCUT2D eigenvalue weighted by Crippen LogP contribution is -2.67. The Morgan fingerprint density at radius 2 is 1.71 bits per heavy atom. The Morgan fingerprint density at radius 3 is 2.37 bits per heavy atom. The Bertz CT molecular complexity index is 1310. The monoisotopic (exact) mass is 516 g/mol. The maximum Gasteiger partial charge on any atom is 0.161 e. The lowest BCUT2D eigenvalue weighted by atomic mass is 9.60. The summed E-state index contributed by atoms with van der Waals surface area (Å²) in [6.07, 6.45) is 5.36. The molecule has 6 rings (SSSR count). The molecule has 3 aliphatic rings. The molecule has 3 aromatic rings. The van der Waals surface area contributed by atoms with E-state index < -0.39 is 0 Å². The fraction of sp³-hybridized carbons (Fsp3) is 0.594. The number of nitrogens with zero attached hydrogens (tertiary/aromatic N) is 4. The van der Waals surface area contributed by atoms with Crippen molar-refractivity contribution in [3.05, 3.63) is 41.5 Å². The first-order valence-corrected chi connectivity index (χ1v) is 14.4. The summed E-state index contributed by atoms with van der Waals surface area (Å²) in [5.41, 5.74) is 6.73. The normalized spacial score (nSPS) is 20.7. The van der Waals surface area contributed by atoms with Crippen molar-refractivity contribution >= 4 is 11.0 Å². The van der Waals surface area contributed by atoms with Crippen LogP contribution in [0.3, 0.4) is 0 Å². The van der Waals surface area contributed by atoms with Gasteiger partial charge in [-0.05, 0) is 98.3 Å². The van der Waals surface area contributed by atoms with E-state index in [9.17, 15) is 0 Å². The second kappa shape index (κ2) is 9.87. The van der Waals surface area contributed by atoms with Crippen LogP contribution in [0, 0.1) is 18.3 Å². The van der Waals surface area contributed by atoms with E-state index in [0.717, 1.165) is 40.4 Å². The van der Waals surface area contributed by atoms with Crippen LogP contribution in [0.1, 0.15) is 56.6 Å². The van der Waals surface area contributed by atoms with E-state index in [-0.39, 0.29) is 0 Å². The molecule has 0 amide bonds. The molecule has 2 saturated heterocycles. The first-order chi connectivity index (χ1) is 18.3. The van der Waals surface area contributed by atoms with E-state index >= 15 is 0 Å². The van der Waals surface area contributed by atoms with Crippen LogP contribution >= 0.6 is 0 Å². The molecular formula is C32H44N4O2. The summed E-state index contributed by atoms with van der Waals surface area (Å²) in [6.45, 7) is 13.3. The van der Waals surface area contributed by atoms with Gasteiger partial charge >= 0.3 is 0 Å². The molecule has 204 valence electrons. The van der Waals surface area contributed by atoms with Crippen LogP contribution in [0.4, 0.5) is 0 Å². The van der Waals surface area contributed by atoms with Gasteiger partial charge in [-0.2, -0.15) is 0 Å². The van der Waals surface area contributed by atoms with Crippen LogP contribution in [0.25, 0.3) is 22.4 Å². The zero-order chi connectivity index (χ0) is 26.6. The third-order valence-electron chi connectivity index (χ3n) is 9.44. The number of hydrogen-bond donors (Lipinski definition) is 0. The fourth-order valence-electron chi connectivity index (χ4n) is 7.56. The summed E-state index contributed by atoms with van der Waals surface area (Å²) >= 11 is 0. The van der Waals surface area contributed by atoms with Gasteiger partial charge < -0.3 is 23.8 Å². The topological polar surface area (TPSA) is 42.8 Å². The number of fused-ring (bicyclic) bond motifs is 1. The van der Waals surface area contributed by atoms with E-state index in [0.29, 0.717) is 11.3 Å². The maximum atomic E-state index is 5.54. The van der Waals surface area contributed by atoms with Gasteiger partial charge in [0.1, 0.15) is 5.82 Å². The quantitative estimate of drug-likeness (QED) is 0.393. The largest absolute Gasteiger partial charge is 0.493 e. The summed E-state index contributed by atoms with van der Waals surface area (Å²) in [5.74, 6) is 3.83. The van der Waals surface area contributed by atoms with Crippen molar-refractivity contribution < 1.29 is 9.47 Å². The third-order valence-corrected chi connectivity index (χ3v) is 9.44. The molecule has 1 spiro atoms. The first-order valence-electron chi connectivity index (χ1n) is 14.4. The van der Waals surface area contributed by atoms with Crippen molar-refractivity contribution in [1.29, 1.82) is 0 Å². The highest BCUT2D eigenvalue weighted by molar-refractivity contribution is 5.84. The molecule has 3 fully saturated rings. The minimum Gasteiger partial charge on any atom is -0.493 e. The van der Waals surface area contributed by atoms with Crippen LogP contribution in [-0.2, 0) is 7.05 Å². The van der Waals surface area contributed by atoms with Gasteiger partial charge in [0, 0.05) is 38.3 Å². The number of imidazole rings is 1. The average molecular weight is 517 g/mol. The molecule has 2 aliphatic heterocycles. The highest BCUT2D eigenvalue weighted by Gasteiger charge is 2.53. The number of ether oxygens (including phenoxy) is 2. The smallest absolute Gasteiger partial charge is 0.161 e. The highest BCUT2D eigenvalue weighted by atomic mass is 16.5. The molecule has 1 saturated carbocycles. The zero-order valence-corrected chi connectivity index (χ0v) is 24.1. The zero-order valence-electron chi connectivity index (χ0n) is 24.1. The molecule has 0 bridgehead atoms. The van der Waals surface area contributed by atoms with E-state index in [1.807, 2.05) is 12.1 Å². The molecule has 1 aromatic heterocycles. The van der Waals surface area contributed by atoms with Crippen LogP contribution in [0.5, 0.6) is 11.5 Å². The number of hydrogen-bond acceptors (Lipinski definition) is 5. The van der Waals surface area contributed by atoms with Crippen molar-refractivity contribution in [1.82, 2.24) is 19.4 Å². The van der Waals surface area contributed by atoms with Crippen LogP contribution in [-0.4, -0.2) is 72.3 Å². The predicted molar refractivity (Wildman–Crippen MR) is 154 cm³/mol. The summed E-state index contributed by atoms with van der Waals surface area (Å²) in [4.78, 5) is 10.5. The van der Waals surface area contributed by atoms with E-state index in [1.165, 1.54) is 75.1 Å². The number of aryl methyl sites for hydroxylation is 2. The van der Waals surface area contributed by atoms with Crippen molar-refractivity contribution in [2.24, 2.45) is 18.4 Å². The van der Waals surface area contributed by atoms with Gasteiger partial charge in [0.25, 0.3) is 0 Å². The predicted octanol–water partition coefficient (Wildman–Crippen LogP) is 5.87. The molecule has 0 unspecified atom stereocenters. The Kier molecular flexibility index (Phi) is 6.68. The number of benzene rings is 2. The average Bonchev–Trinajstić information content (AvgIpc) is 3.21.